The number of thioether (sulfide) groups is 1. The molecule has 0 saturated carbocycles. The molecule has 1 rings (SSSR count). The molecular formula is C14H27NS. The summed E-state index contributed by atoms with van der Waals surface area (Å²) in [6.45, 7) is 6.78. The van der Waals surface area contributed by atoms with Crippen molar-refractivity contribution in [1.82, 2.24) is 0 Å². The minimum atomic E-state index is 0.280. The van der Waals surface area contributed by atoms with Gasteiger partial charge in [0.25, 0.3) is 0 Å². The third kappa shape index (κ3) is 5.95. The van der Waals surface area contributed by atoms with Crippen molar-refractivity contribution >= 4 is 11.8 Å². The lowest BCUT2D eigenvalue weighted by Gasteiger charge is -2.23. The first-order valence-electron chi connectivity index (χ1n) is 6.57. The Balaban J connectivity index is 2.41. The van der Waals surface area contributed by atoms with Crippen LogP contribution in [-0.2, 0) is 0 Å². The largest absolute Gasteiger partial charge is 0.324 e. The second-order valence-corrected chi connectivity index (χ2v) is 7.61. The number of rotatable bonds is 3. The Hall–Kier alpha value is 0.0500. The van der Waals surface area contributed by atoms with Crippen LogP contribution in [0, 0.1) is 0 Å². The van der Waals surface area contributed by atoms with Crippen LogP contribution < -0.4 is 5.73 Å². The lowest BCUT2D eigenvalue weighted by atomic mass is 9.96. The molecule has 0 fully saturated rings. The molecule has 94 valence electrons. The molecule has 0 amide bonds. The van der Waals surface area contributed by atoms with E-state index < -0.39 is 0 Å². The van der Waals surface area contributed by atoms with E-state index in [1.807, 2.05) is 11.8 Å². The van der Waals surface area contributed by atoms with Gasteiger partial charge in [-0.3, -0.25) is 0 Å². The van der Waals surface area contributed by atoms with Crippen LogP contribution in [0.25, 0.3) is 0 Å². The maximum absolute atomic E-state index is 6.29. The fourth-order valence-corrected chi connectivity index (χ4v) is 2.89. The van der Waals surface area contributed by atoms with E-state index in [1.54, 1.807) is 0 Å². The lowest BCUT2D eigenvalue weighted by Crippen LogP contribution is -2.28. The van der Waals surface area contributed by atoms with Gasteiger partial charge in [-0.1, -0.05) is 45.3 Å². The molecule has 2 heteroatoms. The highest BCUT2D eigenvalue weighted by molar-refractivity contribution is 8.00. The summed E-state index contributed by atoms with van der Waals surface area (Å²) in [5.41, 5.74) is 7.80. The van der Waals surface area contributed by atoms with Crippen molar-refractivity contribution in [2.24, 2.45) is 5.73 Å². The lowest BCUT2D eigenvalue weighted by molar-refractivity contribution is 0.606. The molecule has 0 bridgehead atoms. The highest BCUT2D eigenvalue weighted by Gasteiger charge is 2.16. The van der Waals surface area contributed by atoms with E-state index in [0.717, 1.165) is 5.75 Å². The van der Waals surface area contributed by atoms with Crippen LogP contribution in [0.15, 0.2) is 11.6 Å². The molecule has 1 atom stereocenters. The van der Waals surface area contributed by atoms with Crippen LogP contribution in [0.3, 0.4) is 0 Å². The zero-order valence-electron chi connectivity index (χ0n) is 11.1. The first-order valence-corrected chi connectivity index (χ1v) is 7.56. The van der Waals surface area contributed by atoms with Gasteiger partial charge >= 0.3 is 0 Å². The van der Waals surface area contributed by atoms with Crippen LogP contribution in [0.1, 0.15) is 59.3 Å². The van der Waals surface area contributed by atoms with Gasteiger partial charge in [0.1, 0.15) is 0 Å². The molecule has 0 saturated heterocycles. The molecule has 0 aromatic carbocycles. The van der Waals surface area contributed by atoms with Crippen LogP contribution >= 0.6 is 11.8 Å². The van der Waals surface area contributed by atoms with Crippen molar-refractivity contribution in [1.29, 1.82) is 0 Å². The minimum Gasteiger partial charge on any atom is -0.324 e. The normalized spacial score (nSPS) is 20.9. The first-order chi connectivity index (χ1) is 7.49. The van der Waals surface area contributed by atoms with Gasteiger partial charge in [0.2, 0.25) is 0 Å². The Morgan fingerprint density at radius 3 is 2.62 bits per heavy atom. The molecule has 2 N–H and O–H groups in total. The second kappa shape index (κ2) is 6.70. The molecule has 0 aromatic rings. The van der Waals surface area contributed by atoms with Gasteiger partial charge in [-0.2, -0.15) is 11.8 Å². The maximum Gasteiger partial charge on any atom is 0.0345 e. The van der Waals surface area contributed by atoms with Crippen LogP contribution in [0.2, 0.25) is 0 Å². The molecule has 0 radical (unpaired) electrons. The molecular weight excluding hydrogens is 214 g/mol. The van der Waals surface area contributed by atoms with E-state index in [2.05, 4.69) is 26.8 Å². The van der Waals surface area contributed by atoms with Gasteiger partial charge < -0.3 is 5.73 Å². The summed E-state index contributed by atoms with van der Waals surface area (Å²) in [7, 11) is 0. The molecule has 1 aliphatic rings. The monoisotopic (exact) mass is 241 g/mol. The molecule has 16 heavy (non-hydrogen) atoms. The summed E-state index contributed by atoms with van der Waals surface area (Å²) < 4.78 is 0.333. The summed E-state index contributed by atoms with van der Waals surface area (Å²) in [6.07, 6.45) is 10.3. The standard InChI is InChI=1S/C14H27NS/c1-14(2,3)16-11-13(15)12-9-7-5-4-6-8-10-12/h9,13H,4-8,10-11,15H2,1-3H3. The molecule has 0 heterocycles. The van der Waals surface area contributed by atoms with Gasteiger partial charge in [0.05, 0.1) is 0 Å². The smallest absolute Gasteiger partial charge is 0.0345 e. The van der Waals surface area contributed by atoms with Gasteiger partial charge in [-0.25, -0.2) is 0 Å². The SMILES string of the molecule is CC(C)(C)SCC(N)C1=CCCCCCC1. The summed E-state index contributed by atoms with van der Waals surface area (Å²) >= 11 is 1.98. The molecule has 1 aliphatic carbocycles. The minimum absolute atomic E-state index is 0.280. The molecule has 0 spiro atoms. The Morgan fingerprint density at radius 2 is 1.94 bits per heavy atom. The van der Waals surface area contributed by atoms with Gasteiger partial charge in [0, 0.05) is 16.5 Å². The molecule has 0 aliphatic heterocycles. The fourth-order valence-electron chi connectivity index (χ4n) is 2.00. The first kappa shape index (κ1) is 14.1. The quantitative estimate of drug-likeness (QED) is 0.752. The fraction of sp³-hybridized carbons (Fsp3) is 0.857. The Bertz CT molecular complexity index is 227. The number of hydrogen-bond acceptors (Lipinski definition) is 2. The number of allylic oxidation sites excluding steroid dienone is 1. The summed E-state index contributed by atoms with van der Waals surface area (Å²) in [5.74, 6) is 1.06. The van der Waals surface area contributed by atoms with Crippen molar-refractivity contribution < 1.29 is 0 Å². The van der Waals surface area contributed by atoms with Crippen molar-refractivity contribution in [2.45, 2.75) is 70.1 Å². The van der Waals surface area contributed by atoms with Crippen molar-refractivity contribution in [2.75, 3.05) is 5.75 Å². The highest BCUT2D eigenvalue weighted by atomic mass is 32.2. The van der Waals surface area contributed by atoms with E-state index in [9.17, 15) is 0 Å². The van der Waals surface area contributed by atoms with E-state index >= 15 is 0 Å². The third-order valence-electron chi connectivity index (χ3n) is 3.00. The van der Waals surface area contributed by atoms with Crippen molar-refractivity contribution in [3.05, 3.63) is 11.6 Å². The Labute approximate surface area is 105 Å². The highest BCUT2D eigenvalue weighted by Crippen LogP contribution is 2.26. The molecule has 1 nitrogen and oxygen atoms in total. The van der Waals surface area contributed by atoms with Crippen LogP contribution in [0.5, 0.6) is 0 Å². The van der Waals surface area contributed by atoms with Crippen LogP contribution in [-0.4, -0.2) is 16.5 Å². The summed E-state index contributed by atoms with van der Waals surface area (Å²) in [5, 5.41) is 0. The number of nitrogens with two attached hydrogens (primary N) is 1. The van der Waals surface area contributed by atoms with Gasteiger partial charge in [-0.05, 0) is 25.7 Å². The van der Waals surface area contributed by atoms with Gasteiger partial charge in [-0.15, -0.1) is 0 Å². The Kier molecular flexibility index (Phi) is 5.91. The Morgan fingerprint density at radius 1 is 1.25 bits per heavy atom. The number of hydrogen-bond donors (Lipinski definition) is 1. The average Bonchev–Trinajstić information content (AvgIpc) is 2.12. The zero-order chi connectivity index (χ0) is 12.0. The summed E-state index contributed by atoms with van der Waals surface area (Å²) in [4.78, 5) is 0. The second-order valence-electron chi connectivity index (χ2n) is 5.76. The maximum atomic E-state index is 6.29. The predicted molar refractivity (Wildman–Crippen MR) is 76.0 cm³/mol. The summed E-state index contributed by atoms with van der Waals surface area (Å²) in [6, 6.07) is 0.280. The molecule has 0 aromatic heterocycles. The van der Waals surface area contributed by atoms with E-state index in [1.165, 1.54) is 44.1 Å². The van der Waals surface area contributed by atoms with E-state index in [0.29, 0.717) is 4.75 Å². The van der Waals surface area contributed by atoms with Crippen molar-refractivity contribution in [3.8, 4) is 0 Å². The predicted octanol–water partition coefficient (Wildman–Crippen LogP) is 4.13. The van der Waals surface area contributed by atoms with Gasteiger partial charge in [0.15, 0.2) is 0 Å². The molecule has 1 unspecified atom stereocenters. The topological polar surface area (TPSA) is 26.0 Å². The van der Waals surface area contributed by atoms with Crippen molar-refractivity contribution in [3.63, 3.8) is 0 Å². The van der Waals surface area contributed by atoms with E-state index in [-0.39, 0.29) is 6.04 Å². The average molecular weight is 241 g/mol. The van der Waals surface area contributed by atoms with E-state index in [4.69, 9.17) is 5.73 Å². The third-order valence-corrected chi connectivity index (χ3v) is 4.39. The zero-order valence-corrected chi connectivity index (χ0v) is 11.9. The van der Waals surface area contributed by atoms with Crippen LogP contribution in [0.4, 0.5) is 0 Å².